The summed E-state index contributed by atoms with van der Waals surface area (Å²) >= 11 is 4.80. The molecule has 0 saturated heterocycles. The lowest BCUT2D eigenvalue weighted by Crippen LogP contribution is -2.36. The van der Waals surface area contributed by atoms with Crippen LogP contribution in [0.3, 0.4) is 0 Å². The van der Waals surface area contributed by atoms with Gasteiger partial charge < -0.3 is 11.1 Å². The van der Waals surface area contributed by atoms with Crippen molar-refractivity contribution >= 4 is 33.1 Å². The average Bonchev–Trinajstić information content (AvgIpc) is 2.38. The molecule has 0 unspecified atom stereocenters. The van der Waals surface area contributed by atoms with E-state index in [-0.39, 0.29) is 16.4 Å². The van der Waals surface area contributed by atoms with Gasteiger partial charge >= 0.3 is 0 Å². The van der Waals surface area contributed by atoms with E-state index in [1.165, 1.54) is 26.2 Å². The molecule has 6 nitrogen and oxygen atoms in total. The molecule has 1 aromatic carbocycles. The molecule has 1 rings (SSSR count). The summed E-state index contributed by atoms with van der Waals surface area (Å²) in [6, 6.07) is 5.99. The molecule has 1 amide bonds. The van der Waals surface area contributed by atoms with Crippen LogP contribution in [-0.2, 0) is 14.8 Å². The molecular formula is C11H15N3O3S2. The number of nitrogens with one attached hydrogen (secondary N) is 1. The standard InChI is InChI=1S/C11H15N3O3S2/c1-13-10(15)7-14(2)19(16,17)9-5-3-4-8(6-9)11(12)18/h3-6H,7H2,1-2H3,(H2,12,18)(H,13,15). The molecule has 104 valence electrons. The highest BCUT2D eigenvalue weighted by atomic mass is 32.2. The number of carbonyl (C=O) groups excluding carboxylic acids is 1. The van der Waals surface area contributed by atoms with Crippen molar-refractivity contribution in [2.75, 3.05) is 20.6 Å². The second kappa shape index (κ2) is 6.09. The van der Waals surface area contributed by atoms with E-state index in [9.17, 15) is 13.2 Å². The third-order valence-corrected chi connectivity index (χ3v) is 4.51. The molecule has 0 aromatic heterocycles. The summed E-state index contributed by atoms with van der Waals surface area (Å²) < 4.78 is 25.4. The second-order valence-electron chi connectivity index (χ2n) is 3.83. The maximum Gasteiger partial charge on any atom is 0.243 e. The maximum atomic E-state index is 12.2. The van der Waals surface area contributed by atoms with E-state index in [1.54, 1.807) is 12.1 Å². The predicted octanol–water partition coefficient (Wildman–Crippen LogP) is -0.313. The number of nitrogens with two attached hydrogens (primary N) is 1. The molecule has 0 atom stereocenters. The summed E-state index contributed by atoms with van der Waals surface area (Å²) in [7, 11) is -0.971. The van der Waals surface area contributed by atoms with Crippen molar-refractivity contribution in [2.45, 2.75) is 4.90 Å². The van der Waals surface area contributed by atoms with Crippen molar-refractivity contribution in [3.8, 4) is 0 Å². The van der Waals surface area contributed by atoms with Crippen LogP contribution in [0.4, 0.5) is 0 Å². The van der Waals surface area contributed by atoms with Gasteiger partial charge in [-0.25, -0.2) is 8.42 Å². The number of amides is 1. The van der Waals surface area contributed by atoms with Crippen LogP contribution in [0.25, 0.3) is 0 Å². The normalized spacial score (nSPS) is 11.3. The van der Waals surface area contributed by atoms with Crippen LogP contribution in [0.5, 0.6) is 0 Å². The second-order valence-corrected chi connectivity index (χ2v) is 6.31. The number of sulfonamides is 1. The molecule has 0 saturated carbocycles. The van der Waals surface area contributed by atoms with E-state index in [0.29, 0.717) is 5.56 Å². The molecular weight excluding hydrogens is 286 g/mol. The fraction of sp³-hybridized carbons (Fsp3) is 0.273. The Labute approximate surface area is 117 Å². The molecule has 0 bridgehead atoms. The van der Waals surface area contributed by atoms with E-state index in [1.807, 2.05) is 0 Å². The van der Waals surface area contributed by atoms with Gasteiger partial charge in [-0.3, -0.25) is 4.79 Å². The molecule has 8 heteroatoms. The number of hydrogen-bond acceptors (Lipinski definition) is 4. The zero-order chi connectivity index (χ0) is 14.6. The summed E-state index contributed by atoms with van der Waals surface area (Å²) in [4.78, 5) is 11.4. The maximum absolute atomic E-state index is 12.2. The quantitative estimate of drug-likeness (QED) is 0.728. The SMILES string of the molecule is CNC(=O)CN(C)S(=O)(=O)c1cccc(C(N)=S)c1. The van der Waals surface area contributed by atoms with Gasteiger partial charge in [0.15, 0.2) is 0 Å². The van der Waals surface area contributed by atoms with Gasteiger partial charge in [0.2, 0.25) is 15.9 Å². The van der Waals surface area contributed by atoms with Crippen molar-refractivity contribution in [2.24, 2.45) is 5.73 Å². The number of rotatable bonds is 5. The predicted molar refractivity (Wildman–Crippen MR) is 76.2 cm³/mol. The minimum Gasteiger partial charge on any atom is -0.389 e. The molecule has 0 radical (unpaired) electrons. The van der Waals surface area contributed by atoms with Crippen LogP contribution in [0, 0.1) is 0 Å². The monoisotopic (exact) mass is 301 g/mol. The number of thiocarbonyl (C=S) groups is 1. The Morgan fingerprint density at radius 2 is 2.11 bits per heavy atom. The lowest BCUT2D eigenvalue weighted by atomic mass is 10.2. The molecule has 0 spiro atoms. The molecule has 0 aliphatic carbocycles. The van der Waals surface area contributed by atoms with E-state index >= 15 is 0 Å². The fourth-order valence-electron chi connectivity index (χ4n) is 1.36. The summed E-state index contributed by atoms with van der Waals surface area (Å²) in [5.41, 5.74) is 5.93. The summed E-state index contributed by atoms with van der Waals surface area (Å²) in [5.74, 6) is -0.392. The lowest BCUT2D eigenvalue weighted by Gasteiger charge is -2.16. The van der Waals surface area contributed by atoms with Crippen LogP contribution in [0.1, 0.15) is 5.56 Å². The summed E-state index contributed by atoms with van der Waals surface area (Å²) in [6.45, 7) is -0.254. The Morgan fingerprint density at radius 1 is 1.47 bits per heavy atom. The van der Waals surface area contributed by atoms with Gasteiger partial charge in [0, 0.05) is 19.7 Å². The molecule has 0 aliphatic rings. The van der Waals surface area contributed by atoms with Gasteiger partial charge in [0.25, 0.3) is 0 Å². The average molecular weight is 301 g/mol. The third-order valence-electron chi connectivity index (χ3n) is 2.47. The van der Waals surface area contributed by atoms with Crippen molar-refractivity contribution in [3.63, 3.8) is 0 Å². The number of hydrogen-bond donors (Lipinski definition) is 2. The third kappa shape index (κ3) is 3.72. The molecule has 0 heterocycles. The Bertz CT molecular complexity index is 599. The van der Waals surface area contributed by atoms with E-state index < -0.39 is 15.9 Å². The van der Waals surface area contributed by atoms with Gasteiger partial charge in [0.1, 0.15) is 4.99 Å². The van der Waals surface area contributed by atoms with Gasteiger partial charge in [-0.2, -0.15) is 4.31 Å². The number of carbonyl (C=O) groups is 1. The van der Waals surface area contributed by atoms with Crippen LogP contribution in [0.15, 0.2) is 29.2 Å². The fourth-order valence-corrected chi connectivity index (χ4v) is 2.66. The first-order valence-corrected chi connectivity index (χ1v) is 7.20. The zero-order valence-electron chi connectivity index (χ0n) is 10.6. The minimum absolute atomic E-state index is 0.0456. The Morgan fingerprint density at radius 3 is 2.63 bits per heavy atom. The number of likely N-dealkylation sites (N-methyl/N-ethyl adjacent to an activating group) is 2. The van der Waals surface area contributed by atoms with Gasteiger partial charge in [-0.1, -0.05) is 24.4 Å². The Hall–Kier alpha value is -1.51. The van der Waals surface area contributed by atoms with E-state index in [0.717, 1.165) is 4.31 Å². The summed E-state index contributed by atoms with van der Waals surface area (Å²) in [6.07, 6.45) is 0. The topological polar surface area (TPSA) is 92.5 Å². The highest BCUT2D eigenvalue weighted by molar-refractivity contribution is 7.89. The first-order chi connectivity index (χ1) is 8.78. The van der Waals surface area contributed by atoms with Crippen molar-refractivity contribution in [1.29, 1.82) is 0 Å². The smallest absolute Gasteiger partial charge is 0.243 e. The van der Waals surface area contributed by atoms with Gasteiger partial charge in [-0.15, -0.1) is 0 Å². The highest BCUT2D eigenvalue weighted by Gasteiger charge is 2.22. The number of nitrogens with zero attached hydrogens (tertiary/aromatic N) is 1. The van der Waals surface area contributed by atoms with Crippen molar-refractivity contribution in [3.05, 3.63) is 29.8 Å². The highest BCUT2D eigenvalue weighted by Crippen LogP contribution is 2.15. The first kappa shape index (κ1) is 15.5. The number of benzene rings is 1. The van der Waals surface area contributed by atoms with Crippen molar-refractivity contribution in [1.82, 2.24) is 9.62 Å². The molecule has 3 N–H and O–H groups in total. The van der Waals surface area contributed by atoms with Gasteiger partial charge in [-0.05, 0) is 12.1 Å². The van der Waals surface area contributed by atoms with Gasteiger partial charge in [0.05, 0.1) is 11.4 Å². The lowest BCUT2D eigenvalue weighted by molar-refractivity contribution is -0.120. The summed E-state index contributed by atoms with van der Waals surface area (Å²) in [5, 5.41) is 2.36. The minimum atomic E-state index is -3.74. The Balaban J connectivity index is 3.09. The van der Waals surface area contributed by atoms with Crippen molar-refractivity contribution < 1.29 is 13.2 Å². The first-order valence-electron chi connectivity index (χ1n) is 5.36. The molecule has 0 fully saturated rings. The van der Waals surface area contributed by atoms with Crippen LogP contribution >= 0.6 is 12.2 Å². The van der Waals surface area contributed by atoms with E-state index in [2.05, 4.69) is 5.32 Å². The van der Waals surface area contributed by atoms with Crippen LogP contribution in [0.2, 0.25) is 0 Å². The van der Waals surface area contributed by atoms with E-state index in [4.69, 9.17) is 18.0 Å². The zero-order valence-corrected chi connectivity index (χ0v) is 12.2. The van der Waals surface area contributed by atoms with Crippen LogP contribution in [-0.4, -0.2) is 44.3 Å². The van der Waals surface area contributed by atoms with Crippen LogP contribution < -0.4 is 11.1 Å². The largest absolute Gasteiger partial charge is 0.389 e. The molecule has 0 aliphatic heterocycles. The molecule has 1 aromatic rings. The Kier molecular flexibility index (Phi) is 4.98. The molecule has 19 heavy (non-hydrogen) atoms.